The van der Waals surface area contributed by atoms with Crippen LogP contribution in [0.4, 0.5) is 4.39 Å². The van der Waals surface area contributed by atoms with Gasteiger partial charge in [0.15, 0.2) is 6.61 Å². The molecule has 0 fully saturated rings. The van der Waals surface area contributed by atoms with Crippen LogP contribution in [0.3, 0.4) is 0 Å². The first-order valence-electron chi connectivity index (χ1n) is 7.92. The summed E-state index contributed by atoms with van der Waals surface area (Å²) in [6, 6.07) is 10.9. The van der Waals surface area contributed by atoms with Gasteiger partial charge in [-0.2, -0.15) is 5.10 Å². The zero-order valence-electron chi connectivity index (χ0n) is 14.3. The molecule has 0 radical (unpaired) electrons. The first-order chi connectivity index (χ1) is 12.9. The molecule has 140 valence electrons. The fourth-order valence-electron chi connectivity index (χ4n) is 2.35. The molecule has 27 heavy (non-hydrogen) atoms. The van der Waals surface area contributed by atoms with Gasteiger partial charge in [0.2, 0.25) is 0 Å². The van der Waals surface area contributed by atoms with Crippen LogP contribution in [0.25, 0.3) is 5.69 Å². The van der Waals surface area contributed by atoms with Gasteiger partial charge in [0.05, 0.1) is 11.6 Å². The number of carboxylic acids is 1. The largest absolute Gasteiger partial charge is 0.482 e. The number of hydrogen-bond acceptors (Lipinski definition) is 5. The van der Waals surface area contributed by atoms with E-state index in [4.69, 9.17) is 9.84 Å². The average molecular weight is 389 g/mol. The normalized spacial score (nSPS) is 10.7. The van der Waals surface area contributed by atoms with Crippen molar-refractivity contribution >= 4 is 17.7 Å². The third-order valence-electron chi connectivity index (χ3n) is 3.69. The van der Waals surface area contributed by atoms with Gasteiger partial charge in [0, 0.05) is 4.90 Å². The minimum atomic E-state index is -1.04. The molecular formula is C18H16FN3O4S. The zero-order valence-corrected chi connectivity index (χ0v) is 15.1. The summed E-state index contributed by atoms with van der Waals surface area (Å²) in [5.41, 5.74) is 1.01. The Bertz CT molecular complexity index is 1010. The number of thioether (sulfide) groups is 1. The van der Waals surface area contributed by atoms with Crippen molar-refractivity contribution in [2.75, 3.05) is 6.61 Å². The van der Waals surface area contributed by atoms with Gasteiger partial charge in [-0.25, -0.2) is 23.2 Å². The number of rotatable bonds is 7. The number of benzene rings is 2. The summed E-state index contributed by atoms with van der Waals surface area (Å²) in [7, 11) is 0. The van der Waals surface area contributed by atoms with Gasteiger partial charge in [0.25, 0.3) is 0 Å². The Morgan fingerprint density at radius 2 is 2.00 bits per heavy atom. The number of halogens is 1. The molecule has 0 unspecified atom stereocenters. The number of aryl methyl sites for hydroxylation is 1. The summed E-state index contributed by atoms with van der Waals surface area (Å²) in [5.74, 6) is -0.619. The Kier molecular flexibility index (Phi) is 5.60. The Labute approximate surface area is 158 Å². The second kappa shape index (κ2) is 8.09. The molecule has 0 saturated carbocycles. The average Bonchev–Trinajstić information content (AvgIpc) is 3.00. The van der Waals surface area contributed by atoms with Crippen molar-refractivity contribution < 1.29 is 19.0 Å². The molecule has 2 aromatic carbocycles. The van der Waals surface area contributed by atoms with Crippen molar-refractivity contribution in [2.24, 2.45) is 0 Å². The molecule has 3 rings (SSSR count). The lowest BCUT2D eigenvalue weighted by atomic mass is 10.2. The van der Waals surface area contributed by atoms with Gasteiger partial charge in [-0.3, -0.25) is 0 Å². The third-order valence-corrected chi connectivity index (χ3v) is 4.65. The van der Waals surface area contributed by atoms with Crippen LogP contribution in [-0.2, 0) is 10.7 Å². The van der Waals surface area contributed by atoms with E-state index in [1.165, 1.54) is 51.6 Å². The molecule has 0 spiro atoms. The molecule has 0 atom stereocenters. The monoisotopic (exact) mass is 389 g/mol. The molecule has 1 aromatic heterocycles. The molecule has 9 heteroatoms. The fourth-order valence-corrected chi connectivity index (χ4v) is 3.23. The molecule has 7 nitrogen and oxygen atoms in total. The van der Waals surface area contributed by atoms with Crippen LogP contribution in [0.2, 0.25) is 0 Å². The van der Waals surface area contributed by atoms with E-state index in [0.717, 1.165) is 10.5 Å². The number of aromatic nitrogens is 3. The molecule has 0 bridgehead atoms. The fraction of sp³-hybridized carbons (Fsp3) is 0.167. The minimum absolute atomic E-state index is 0.293. The summed E-state index contributed by atoms with van der Waals surface area (Å²) in [6.45, 7) is 1.42. The number of carbonyl (C=O) groups is 1. The van der Waals surface area contributed by atoms with Crippen molar-refractivity contribution in [3.63, 3.8) is 0 Å². The number of nitrogens with zero attached hydrogens (tertiary/aromatic N) is 3. The van der Waals surface area contributed by atoms with Crippen LogP contribution >= 0.6 is 11.8 Å². The van der Waals surface area contributed by atoms with E-state index in [-0.39, 0.29) is 11.5 Å². The Balaban J connectivity index is 1.68. The Hall–Kier alpha value is -3.07. The summed E-state index contributed by atoms with van der Waals surface area (Å²) in [6.07, 6.45) is 1.39. The van der Waals surface area contributed by atoms with Crippen LogP contribution < -0.4 is 10.4 Å². The van der Waals surface area contributed by atoms with Crippen LogP contribution in [0.1, 0.15) is 5.56 Å². The number of aliphatic carboxylic acids is 1. The number of ether oxygens (including phenoxy) is 1. The minimum Gasteiger partial charge on any atom is -0.482 e. The van der Waals surface area contributed by atoms with E-state index in [2.05, 4.69) is 5.10 Å². The quantitative estimate of drug-likeness (QED) is 0.626. The van der Waals surface area contributed by atoms with Crippen molar-refractivity contribution in [2.45, 2.75) is 17.7 Å². The molecule has 1 heterocycles. The Morgan fingerprint density at radius 3 is 2.67 bits per heavy atom. The highest BCUT2D eigenvalue weighted by molar-refractivity contribution is 7.98. The van der Waals surface area contributed by atoms with Crippen LogP contribution in [0.15, 0.2) is 58.5 Å². The van der Waals surface area contributed by atoms with E-state index in [1.807, 2.05) is 13.0 Å². The third kappa shape index (κ3) is 4.56. The molecular weight excluding hydrogens is 373 g/mol. The van der Waals surface area contributed by atoms with E-state index in [9.17, 15) is 14.0 Å². The highest BCUT2D eigenvalue weighted by Gasteiger charge is 2.09. The van der Waals surface area contributed by atoms with Gasteiger partial charge in [-0.1, -0.05) is 0 Å². The first-order valence-corrected chi connectivity index (χ1v) is 8.91. The summed E-state index contributed by atoms with van der Waals surface area (Å²) in [5, 5.41) is 12.7. The van der Waals surface area contributed by atoms with E-state index >= 15 is 0 Å². The van der Waals surface area contributed by atoms with Gasteiger partial charge in [0.1, 0.15) is 17.9 Å². The molecule has 0 aliphatic carbocycles. The van der Waals surface area contributed by atoms with Gasteiger partial charge < -0.3 is 9.84 Å². The van der Waals surface area contributed by atoms with Crippen LogP contribution in [0, 0.1) is 12.7 Å². The smallest absolute Gasteiger partial charge is 0.351 e. The maximum absolute atomic E-state index is 13.0. The van der Waals surface area contributed by atoms with Gasteiger partial charge >= 0.3 is 11.7 Å². The van der Waals surface area contributed by atoms with Crippen molar-refractivity contribution in [1.29, 1.82) is 0 Å². The lowest BCUT2D eigenvalue weighted by Gasteiger charge is -2.08. The standard InChI is InChI=1S/C18H16FN3O4S/c1-12-8-15(6-7-16(12)26-9-17(23)24)27-11-22-18(25)21(10-20-22)14-4-2-13(19)3-5-14/h2-8,10H,9,11H2,1H3,(H,23,24). The van der Waals surface area contributed by atoms with Gasteiger partial charge in [-0.05, 0) is 55.0 Å². The maximum atomic E-state index is 13.0. The molecule has 1 N–H and O–H groups in total. The highest BCUT2D eigenvalue weighted by atomic mass is 32.2. The van der Waals surface area contributed by atoms with Crippen LogP contribution in [0.5, 0.6) is 5.75 Å². The highest BCUT2D eigenvalue weighted by Crippen LogP contribution is 2.26. The maximum Gasteiger partial charge on any atom is 0.351 e. The second-order valence-corrected chi connectivity index (χ2v) is 6.66. The van der Waals surface area contributed by atoms with Crippen LogP contribution in [-0.4, -0.2) is 32.0 Å². The van der Waals surface area contributed by atoms with E-state index in [1.54, 1.807) is 12.1 Å². The van der Waals surface area contributed by atoms with Gasteiger partial charge in [-0.15, -0.1) is 11.8 Å². The second-order valence-electron chi connectivity index (χ2n) is 5.64. The molecule has 0 saturated heterocycles. The summed E-state index contributed by atoms with van der Waals surface area (Å²) in [4.78, 5) is 23.9. The lowest BCUT2D eigenvalue weighted by Crippen LogP contribution is -2.23. The Morgan fingerprint density at radius 1 is 1.26 bits per heavy atom. The summed E-state index contributed by atoms with van der Waals surface area (Å²) < 4.78 is 20.9. The number of hydrogen-bond donors (Lipinski definition) is 1. The zero-order chi connectivity index (χ0) is 19.4. The molecule has 0 amide bonds. The molecule has 3 aromatic rings. The van der Waals surface area contributed by atoms with E-state index < -0.39 is 12.6 Å². The van der Waals surface area contributed by atoms with E-state index in [0.29, 0.717) is 17.3 Å². The molecule has 0 aliphatic heterocycles. The SMILES string of the molecule is Cc1cc(SCn2ncn(-c3ccc(F)cc3)c2=O)ccc1OCC(=O)O. The van der Waals surface area contributed by atoms with Crippen molar-refractivity contribution in [3.8, 4) is 11.4 Å². The predicted molar refractivity (Wildman–Crippen MR) is 97.9 cm³/mol. The topological polar surface area (TPSA) is 86.4 Å². The predicted octanol–water partition coefficient (Wildman–Crippen LogP) is 2.69. The first kappa shape index (κ1) is 18.7. The lowest BCUT2D eigenvalue weighted by molar-refractivity contribution is -0.139. The number of carboxylic acid groups (broad SMARTS) is 1. The van der Waals surface area contributed by atoms with Crippen molar-refractivity contribution in [1.82, 2.24) is 14.3 Å². The summed E-state index contributed by atoms with van der Waals surface area (Å²) >= 11 is 1.40. The van der Waals surface area contributed by atoms with Crippen molar-refractivity contribution in [3.05, 3.63) is 70.7 Å². The molecule has 0 aliphatic rings.